The molecule has 0 aromatic heterocycles. The van der Waals surface area contributed by atoms with Crippen LogP contribution in [0.2, 0.25) is 0 Å². The summed E-state index contributed by atoms with van der Waals surface area (Å²) in [5.41, 5.74) is 2.74. The number of para-hydroxylation sites is 2. The number of hydrogen-bond acceptors (Lipinski definition) is 4. The second-order valence-corrected chi connectivity index (χ2v) is 5.52. The van der Waals surface area contributed by atoms with Crippen molar-refractivity contribution in [2.24, 2.45) is 0 Å². The molecule has 4 heteroatoms. The Balaban J connectivity index is 1.63. The molecule has 2 aromatic rings. The van der Waals surface area contributed by atoms with Crippen LogP contribution in [-0.2, 0) is 6.54 Å². The summed E-state index contributed by atoms with van der Waals surface area (Å²) in [5, 5.41) is 19.1. The van der Waals surface area contributed by atoms with E-state index in [4.69, 9.17) is 5.26 Å². The number of phenols is 1. The first kappa shape index (κ1) is 14.4. The molecule has 22 heavy (non-hydrogen) atoms. The van der Waals surface area contributed by atoms with Gasteiger partial charge in [-0.25, -0.2) is 0 Å². The molecule has 1 N–H and O–H groups in total. The van der Waals surface area contributed by atoms with Crippen molar-refractivity contribution >= 4 is 5.69 Å². The van der Waals surface area contributed by atoms with Gasteiger partial charge in [0.15, 0.2) is 0 Å². The van der Waals surface area contributed by atoms with Crippen molar-refractivity contribution in [2.45, 2.75) is 6.54 Å². The number of benzene rings is 2. The minimum absolute atomic E-state index is 0.339. The lowest BCUT2D eigenvalue weighted by Gasteiger charge is -2.36. The maximum atomic E-state index is 9.94. The minimum atomic E-state index is 0.339. The summed E-state index contributed by atoms with van der Waals surface area (Å²) in [7, 11) is 0. The molecule has 0 saturated carbocycles. The smallest absolute Gasteiger partial charge is 0.138 e. The van der Waals surface area contributed by atoms with Crippen molar-refractivity contribution in [1.29, 1.82) is 5.26 Å². The number of nitrogens with zero attached hydrogens (tertiary/aromatic N) is 3. The van der Waals surface area contributed by atoms with Gasteiger partial charge in [0, 0.05) is 32.7 Å². The van der Waals surface area contributed by atoms with Crippen LogP contribution in [0.15, 0.2) is 48.5 Å². The van der Waals surface area contributed by atoms with Gasteiger partial charge in [0.1, 0.15) is 5.75 Å². The summed E-state index contributed by atoms with van der Waals surface area (Å²) in [6.07, 6.45) is 0. The van der Waals surface area contributed by atoms with Gasteiger partial charge in [-0.3, -0.25) is 4.90 Å². The molecule has 3 rings (SSSR count). The highest BCUT2D eigenvalue weighted by Crippen LogP contribution is 2.27. The predicted octanol–water partition coefficient (Wildman–Crippen LogP) is 2.59. The van der Waals surface area contributed by atoms with Crippen molar-refractivity contribution in [3.05, 3.63) is 59.7 Å². The molecule has 1 aliphatic rings. The van der Waals surface area contributed by atoms with Crippen LogP contribution in [0.25, 0.3) is 0 Å². The molecule has 2 aromatic carbocycles. The molecule has 1 heterocycles. The zero-order chi connectivity index (χ0) is 15.4. The Morgan fingerprint density at radius 3 is 2.36 bits per heavy atom. The summed E-state index contributed by atoms with van der Waals surface area (Å²) in [6, 6.07) is 17.5. The van der Waals surface area contributed by atoms with Crippen molar-refractivity contribution in [3.8, 4) is 11.8 Å². The van der Waals surface area contributed by atoms with Crippen LogP contribution in [0.1, 0.15) is 11.1 Å². The third-order valence-electron chi connectivity index (χ3n) is 4.13. The standard InChI is InChI=1S/C18H19N3O/c19-13-15-5-1-2-6-16(15)14-20-9-11-21(12-10-20)17-7-3-4-8-18(17)22/h1-8,22H,9-12,14H2. The molecular weight excluding hydrogens is 274 g/mol. The summed E-state index contributed by atoms with van der Waals surface area (Å²) in [4.78, 5) is 4.56. The summed E-state index contributed by atoms with van der Waals surface area (Å²) in [6.45, 7) is 4.42. The molecule has 0 amide bonds. The number of piperazine rings is 1. The zero-order valence-electron chi connectivity index (χ0n) is 12.4. The van der Waals surface area contributed by atoms with E-state index >= 15 is 0 Å². The fourth-order valence-electron chi connectivity index (χ4n) is 2.89. The SMILES string of the molecule is N#Cc1ccccc1CN1CCN(c2ccccc2O)CC1. The quantitative estimate of drug-likeness (QED) is 0.945. The molecule has 0 radical (unpaired) electrons. The second kappa shape index (κ2) is 6.50. The summed E-state index contributed by atoms with van der Waals surface area (Å²) >= 11 is 0. The van der Waals surface area contributed by atoms with E-state index in [9.17, 15) is 5.11 Å². The maximum absolute atomic E-state index is 9.94. The zero-order valence-corrected chi connectivity index (χ0v) is 12.4. The largest absolute Gasteiger partial charge is 0.506 e. The molecule has 0 atom stereocenters. The Labute approximate surface area is 130 Å². The Morgan fingerprint density at radius 1 is 0.955 bits per heavy atom. The highest BCUT2D eigenvalue weighted by Gasteiger charge is 2.19. The van der Waals surface area contributed by atoms with E-state index in [0.717, 1.165) is 49.5 Å². The van der Waals surface area contributed by atoms with Crippen LogP contribution in [-0.4, -0.2) is 36.2 Å². The van der Waals surface area contributed by atoms with Crippen LogP contribution < -0.4 is 4.90 Å². The molecule has 1 fully saturated rings. The number of rotatable bonds is 3. The van der Waals surface area contributed by atoms with Crippen molar-refractivity contribution < 1.29 is 5.11 Å². The van der Waals surface area contributed by atoms with Gasteiger partial charge in [0.25, 0.3) is 0 Å². The lowest BCUT2D eigenvalue weighted by molar-refractivity contribution is 0.249. The lowest BCUT2D eigenvalue weighted by atomic mass is 10.1. The fraction of sp³-hybridized carbons (Fsp3) is 0.278. The van der Waals surface area contributed by atoms with Gasteiger partial charge in [-0.1, -0.05) is 30.3 Å². The Bertz CT molecular complexity index is 685. The Hall–Kier alpha value is -2.51. The van der Waals surface area contributed by atoms with Crippen LogP contribution in [0, 0.1) is 11.3 Å². The monoisotopic (exact) mass is 293 g/mol. The third kappa shape index (κ3) is 3.05. The minimum Gasteiger partial charge on any atom is -0.506 e. The maximum Gasteiger partial charge on any atom is 0.138 e. The van der Waals surface area contributed by atoms with Gasteiger partial charge in [0.2, 0.25) is 0 Å². The third-order valence-corrected chi connectivity index (χ3v) is 4.13. The van der Waals surface area contributed by atoms with E-state index in [1.807, 2.05) is 42.5 Å². The molecule has 0 unspecified atom stereocenters. The number of aromatic hydroxyl groups is 1. The van der Waals surface area contributed by atoms with E-state index in [0.29, 0.717) is 5.75 Å². The van der Waals surface area contributed by atoms with Gasteiger partial charge < -0.3 is 10.0 Å². The highest BCUT2D eigenvalue weighted by atomic mass is 16.3. The van der Waals surface area contributed by atoms with Crippen LogP contribution >= 0.6 is 0 Å². The normalized spacial score (nSPS) is 15.5. The first-order chi connectivity index (χ1) is 10.8. The van der Waals surface area contributed by atoms with E-state index in [1.54, 1.807) is 6.07 Å². The van der Waals surface area contributed by atoms with Crippen molar-refractivity contribution in [1.82, 2.24) is 4.90 Å². The lowest BCUT2D eigenvalue weighted by Crippen LogP contribution is -2.46. The van der Waals surface area contributed by atoms with Gasteiger partial charge in [-0.15, -0.1) is 0 Å². The summed E-state index contributed by atoms with van der Waals surface area (Å²) < 4.78 is 0. The molecule has 0 spiro atoms. The molecular formula is C18H19N3O. The second-order valence-electron chi connectivity index (χ2n) is 5.52. The number of nitriles is 1. The van der Waals surface area contributed by atoms with E-state index < -0.39 is 0 Å². The number of hydrogen-bond donors (Lipinski definition) is 1. The van der Waals surface area contributed by atoms with E-state index in [1.165, 1.54) is 0 Å². The molecule has 0 bridgehead atoms. The van der Waals surface area contributed by atoms with E-state index in [-0.39, 0.29) is 0 Å². The van der Waals surface area contributed by atoms with Gasteiger partial charge >= 0.3 is 0 Å². The first-order valence-electron chi connectivity index (χ1n) is 7.51. The molecule has 0 aliphatic carbocycles. The molecule has 4 nitrogen and oxygen atoms in total. The van der Waals surface area contributed by atoms with E-state index in [2.05, 4.69) is 15.9 Å². The topological polar surface area (TPSA) is 50.5 Å². The first-order valence-corrected chi connectivity index (χ1v) is 7.51. The van der Waals surface area contributed by atoms with Crippen LogP contribution in [0.5, 0.6) is 5.75 Å². The average molecular weight is 293 g/mol. The molecule has 112 valence electrons. The van der Waals surface area contributed by atoms with Crippen molar-refractivity contribution in [3.63, 3.8) is 0 Å². The van der Waals surface area contributed by atoms with Gasteiger partial charge in [-0.05, 0) is 23.8 Å². The predicted molar refractivity (Wildman–Crippen MR) is 86.8 cm³/mol. The Kier molecular flexibility index (Phi) is 4.27. The number of anilines is 1. The number of phenolic OH excluding ortho intramolecular Hbond substituents is 1. The van der Waals surface area contributed by atoms with Crippen molar-refractivity contribution in [2.75, 3.05) is 31.1 Å². The molecule has 1 saturated heterocycles. The Morgan fingerprint density at radius 2 is 1.64 bits per heavy atom. The fourth-order valence-corrected chi connectivity index (χ4v) is 2.89. The van der Waals surface area contributed by atoms with Gasteiger partial charge in [0.05, 0.1) is 17.3 Å². The summed E-state index contributed by atoms with van der Waals surface area (Å²) in [5.74, 6) is 0.339. The van der Waals surface area contributed by atoms with Crippen LogP contribution in [0.4, 0.5) is 5.69 Å². The molecule has 1 aliphatic heterocycles. The highest BCUT2D eigenvalue weighted by molar-refractivity contribution is 5.57. The van der Waals surface area contributed by atoms with Gasteiger partial charge in [-0.2, -0.15) is 5.26 Å². The average Bonchev–Trinajstić information content (AvgIpc) is 2.57. The van der Waals surface area contributed by atoms with Crippen LogP contribution in [0.3, 0.4) is 0 Å².